The second-order valence-electron chi connectivity index (χ2n) is 6.27. The number of halogens is 2. The molecule has 0 amide bonds. The fourth-order valence-electron chi connectivity index (χ4n) is 3.00. The van der Waals surface area contributed by atoms with Crippen molar-refractivity contribution < 1.29 is 5.11 Å². The van der Waals surface area contributed by atoms with E-state index in [1.807, 2.05) is 48.5 Å². The Hall–Kier alpha value is -2.67. The molecule has 0 aliphatic rings. The van der Waals surface area contributed by atoms with Crippen molar-refractivity contribution in [1.82, 2.24) is 9.97 Å². The van der Waals surface area contributed by atoms with Crippen molar-refractivity contribution in [3.63, 3.8) is 0 Å². The third kappa shape index (κ3) is 3.80. The molecule has 0 bridgehead atoms. The summed E-state index contributed by atoms with van der Waals surface area (Å²) in [6.07, 6.45) is 0. The molecule has 3 aromatic carbocycles. The van der Waals surface area contributed by atoms with Crippen LogP contribution >= 0.6 is 27.5 Å². The smallest absolute Gasteiger partial charge is 0.222 e. The van der Waals surface area contributed by atoms with Gasteiger partial charge in [0.15, 0.2) is 0 Å². The second-order valence-corrected chi connectivity index (χ2v) is 7.59. The predicted octanol–water partition coefficient (Wildman–Crippen LogP) is 5.53. The van der Waals surface area contributed by atoms with E-state index >= 15 is 0 Å². The number of nitrogens with one attached hydrogen (secondary N) is 1. The molecule has 4 N–H and O–H groups in total. The van der Waals surface area contributed by atoms with Crippen LogP contribution in [0.15, 0.2) is 65.1 Å². The van der Waals surface area contributed by atoms with Crippen molar-refractivity contribution in [1.29, 1.82) is 0 Å². The molecule has 1 heterocycles. The Morgan fingerprint density at radius 3 is 2.68 bits per heavy atom. The number of rotatable bonds is 4. The minimum Gasteiger partial charge on any atom is -0.392 e. The molecule has 4 aromatic rings. The summed E-state index contributed by atoms with van der Waals surface area (Å²) in [6.45, 7) is -0.0485. The molecule has 0 aliphatic heterocycles. The number of hydrogen-bond acceptors (Lipinski definition) is 5. The van der Waals surface area contributed by atoms with E-state index in [0.29, 0.717) is 10.8 Å². The van der Waals surface area contributed by atoms with Crippen LogP contribution in [0.25, 0.3) is 22.0 Å². The minimum absolute atomic E-state index is 0.0485. The highest BCUT2D eigenvalue weighted by molar-refractivity contribution is 9.10. The monoisotopic (exact) mass is 454 g/mol. The molecule has 28 heavy (non-hydrogen) atoms. The van der Waals surface area contributed by atoms with Gasteiger partial charge in [-0.15, -0.1) is 0 Å². The van der Waals surface area contributed by atoms with Gasteiger partial charge in [-0.2, -0.15) is 4.98 Å². The highest BCUT2D eigenvalue weighted by Crippen LogP contribution is 2.33. The number of aromatic nitrogens is 2. The van der Waals surface area contributed by atoms with Gasteiger partial charge in [0.2, 0.25) is 5.95 Å². The van der Waals surface area contributed by atoms with E-state index in [-0.39, 0.29) is 12.6 Å². The van der Waals surface area contributed by atoms with Crippen LogP contribution in [0.3, 0.4) is 0 Å². The molecule has 0 atom stereocenters. The standard InChI is InChI=1S/C21H16BrClN4O/c22-14-2-1-3-15(10-14)25-20-17-9-13(5-7-19(17)26-21(24)27-20)16-8-12(11-28)4-6-18(16)23/h1-10,28H,11H2,(H3,24,25,26,27). The number of benzene rings is 3. The van der Waals surface area contributed by atoms with Crippen molar-refractivity contribution >= 4 is 55.9 Å². The van der Waals surface area contributed by atoms with Gasteiger partial charge in [0, 0.05) is 26.1 Å². The average molecular weight is 456 g/mol. The molecule has 0 unspecified atom stereocenters. The molecular weight excluding hydrogens is 440 g/mol. The Morgan fingerprint density at radius 1 is 1.04 bits per heavy atom. The molecule has 1 aromatic heterocycles. The van der Waals surface area contributed by atoms with Gasteiger partial charge in [-0.3, -0.25) is 0 Å². The van der Waals surface area contributed by atoms with Crippen LogP contribution in [0.2, 0.25) is 5.02 Å². The van der Waals surface area contributed by atoms with Gasteiger partial charge in [0.05, 0.1) is 12.1 Å². The summed E-state index contributed by atoms with van der Waals surface area (Å²) in [6, 6.07) is 19.0. The van der Waals surface area contributed by atoms with Crippen LogP contribution in [0, 0.1) is 0 Å². The molecule has 5 nitrogen and oxygen atoms in total. The summed E-state index contributed by atoms with van der Waals surface area (Å²) in [5.41, 5.74) is 10.0. The van der Waals surface area contributed by atoms with Crippen LogP contribution < -0.4 is 11.1 Å². The lowest BCUT2D eigenvalue weighted by atomic mass is 10.0. The number of fused-ring (bicyclic) bond motifs is 1. The van der Waals surface area contributed by atoms with Crippen LogP contribution in [0.5, 0.6) is 0 Å². The quantitative estimate of drug-likeness (QED) is 0.377. The Kier molecular flexibility index (Phi) is 5.17. The van der Waals surface area contributed by atoms with Gasteiger partial charge in [-0.05, 0) is 53.6 Å². The van der Waals surface area contributed by atoms with Crippen molar-refractivity contribution in [2.45, 2.75) is 6.61 Å². The third-order valence-corrected chi connectivity index (χ3v) is 5.15. The molecule has 4 rings (SSSR count). The van der Waals surface area contributed by atoms with E-state index in [4.69, 9.17) is 17.3 Å². The zero-order valence-corrected chi connectivity index (χ0v) is 17.0. The van der Waals surface area contributed by atoms with Crippen LogP contribution in [0.4, 0.5) is 17.5 Å². The van der Waals surface area contributed by atoms with E-state index in [1.54, 1.807) is 12.1 Å². The summed E-state index contributed by atoms with van der Waals surface area (Å²) in [4.78, 5) is 8.72. The summed E-state index contributed by atoms with van der Waals surface area (Å²) in [7, 11) is 0. The molecule has 0 fully saturated rings. The fourth-order valence-corrected chi connectivity index (χ4v) is 3.63. The van der Waals surface area contributed by atoms with E-state index in [2.05, 4.69) is 31.2 Å². The average Bonchev–Trinajstić information content (AvgIpc) is 2.68. The molecule has 7 heteroatoms. The number of nitrogens with two attached hydrogens (primary N) is 1. The Balaban J connectivity index is 1.85. The summed E-state index contributed by atoms with van der Waals surface area (Å²) in [5.74, 6) is 0.801. The number of hydrogen-bond donors (Lipinski definition) is 3. The number of aliphatic hydroxyl groups is 1. The lowest BCUT2D eigenvalue weighted by Crippen LogP contribution is -2.01. The maximum atomic E-state index is 9.44. The maximum absolute atomic E-state index is 9.44. The molecule has 0 aliphatic carbocycles. The summed E-state index contributed by atoms with van der Waals surface area (Å²) in [5, 5.41) is 14.2. The highest BCUT2D eigenvalue weighted by atomic mass is 79.9. The lowest BCUT2D eigenvalue weighted by Gasteiger charge is -2.12. The first kappa shape index (κ1) is 18.7. The van der Waals surface area contributed by atoms with Gasteiger partial charge in [0.1, 0.15) is 5.82 Å². The molecule has 0 saturated heterocycles. The summed E-state index contributed by atoms with van der Waals surface area (Å²) < 4.78 is 0.956. The second kappa shape index (κ2) is 7.75. The maximum Gasteiger partial charge on any atom is 0.222 e. The third-order valence-electron chi connectivity index (χ3n) is 4.32. The minimum atomic E-state index is -0.0485. The van der Waals surface area contributed by atoms with Crippen molar-refractivity contribution in [3.05, 3.63) is 75.7 Å². The fraction of sp³-hybridized carbons (Fsp3) is 0.0476. The lowest BCUT2D eigenvalue weighted by molar-refractivity contribution is 0.282. The molecule has 0 saturated carbocycles. The van der Waals surface area contributed by atoms with Crippen LogP contribution in [-0.4, -0.2) is 15.1 Å². The van der Waals surface area contributed by atoms with E-state index in [9.17, 15) is 5.11 Å². The Labute approximate surface area is 175 Å². The first-order chi connectivity index (χ1) is 13.5. The largest absolute Gasteiger partial charge is 0.392 e. The molecule has 0 spiro atoms. The molecule has 140 valence electrons. The first-order valence-electron chi connectivity index (χ1n) is 8.53. The van der Waals surface area contributed by atoms with Gasteiger partial charge in [-0.25, -0.2) is 4.98 Å². The van der Waals surface area contributed by atoms with E-state index in [1.165, 1.54) is 0 Å². The van der Waals surface area contributed by atoms with Crippen LogP contribution in [-0.2, 0) is 6.61 Å². The molecular formula is C21H16BrClN4O. The molecule has 0 radical (unpaired) electrons. The first-order valence-corrected chi connectivity index (χ1v) is 9.70. The van der Waals surface area contributed by atoms with Crippen molar-refractivity contribution in [2.75, 3.05) is 11.1 Å². The highest BCUT2D eigenvalue weighted by Gasteiger charge is 2.11. The van der Waals surface area contributed by atoms with E-state index < -0.39 is 0 Å². The van der Waals surface area contributed by atoms with Crippen LogP contribution in [0.1, 0.15) is 5.56 Å². The van der Waals surface area contributed by atoms with Gasteiger partial charge in [-0.1, -0.05) is 45.7 Å². The van der Waals surface area contributed by atoms with Gasteiger partial charge < -0.3 is 16.2 Å². The Morgan fingerprint density at radius 2 is 1.89 bits per heavy atom. The van der Waals surface area contributed by atoms with Gasteiger partial charge >= 0.3 is 0 Å². The van der Waals surface area contributed by atoms with Gasteiger partial charge in [0.25, 0.3) is 0 Å². The topological polar surface area (TPSA) is 84.1 Å². The van der Waals surface area contributed by atoms with Crippen molar-refractivity contribution in [3.8, 4) is 11.1 Å². The summed E-state index contributed by atoms with van der Waals surface area (Å²) >= 11 is 9.87. The zero-order valence-electron chi connectivity index (χ0n) is 14.7. The number of nitrogen functional groups attached to an aromatic ring is 1. The van der Waals surface area contributed by atoms with Crippen molar-refractivity contribution in [2.24, 2.45) is 0 Å². The zero-order chi connectivity index (χ0) is 19.7. The predicted molar refractivity (Wildman–Crippen MR) is 118 cm³/mol. The number of nitrogens with zero attached hydrogens (tertiary/aromatic N) is 2. The van der Waals surface area contributed by atoms with E-state index in [0.717, 1.165) is 37.8 Å². The normalized spacial score (nSPS) is 11.0. The number of aliphatic hydroxyl groups excluding tert-OH is 1. The SMILES string of the molecule is Nc1nc(Nc2cccc(Br)c2)c2cc(-c3cc(CO)ccc3Cl)ccc2n1. The number of anilines is 3. The Bertz CT molecular complexity index is 1180.